The number of nitrogens with one attached hydrogen (secondary N) is 2. The third-order valence-electron chi connectivity index (χ3n) is 2.17. The van der Waals surface area contributed by atoms with Crippen LogP contribution in [0.4, 0.5) is 5.69 Å². The largest absolute Gasteiger partial charge is 0.381 e. The lowest BCUT2D eigenvalue weighted by molar-refractivity contribution is 0.701. The smallest absolute Gasteiger partial charge is 0.0726 e. The van der Waals surface area contributed by atoms with Gasteiger partial charge in [0.15, 0.2) is 0 Å². The van der Waals surface area contributed by atoms with E-state index >= 15 is 0 Å². The molecule has 0 amide bonds. The fourth-order valence-corrected chi connectivity index (χ4v) is 1.28. The number of rotatable bonds is 5. The van der Waals surface area contributed by atoms with Crippen LogP contribution < -0.4 is 10.6 Å². The summed E-state index contributed by atoms with van der Waals surface area (Å²) in [5.41, 5.74) is 1.10. The van der Waals surface area contributed by atoms with Gasteiger partial charge in [-0.15, -0.1) is 0 Å². The molecule has 13 heavy (non-hydrogen) atoms. The van der Waals surface area contributed by atoms with Gasteiger partial charge >= 0.3 is 0 Å². The Morgan fingerprint density at radius 1 is 1.54 bits per heavy atom. The first kappa shape index (κ1) is 8.56. The molecule has 1 saturated carbocycles. The average molecular weight is 180 g/mol. The Labute approximate surface area is 78.3 Å². The van der Waals surface area contributed by atoms with Crippen molar-refractivity contribution >= 4 is 5.69 Å². The summed E-state index contributed by atoms with van der Waals surface area (Å²) in [5.74, 6) is 0. The van der Waals surface area contributed by atoms with Gasteiger partial charge in [-0.25, -0.2) is 0 Å². The van der Waals surface area contributed by atoms with Crippen molar-refractivity contribution in [3.63, 3.8) is 0 Å². The van der Waals surface area contributed by atoms with Crippen molar-refractivity contribution in [3.8, 4) is 0 Å². The van der Waals surface area contributed by atoms with Gasteiger partial charge in [0.2, 0.25) is 0 Å². The van der Waals surface area contributed by atoms with Crippen molar-refractivity contribution < 1.29 is 0 Å². The molecule has 1 aliphatic rings. The second-order valence-corrected chi connectivity index (χ2v) is 3.56. The zero-order valence-corrected chi connectivity index (χ0v) is 7.95. The molecule has 0 unspecified atom stereocenters. The highest BCUT2D eigenvalue weighted by Crippen LogP contribution is 2.17. The molecule has 0 aromatic carbocycles. The lowest BCUT2D eigenvalue weighted by Crippen LogP contribution is -2.23. The van der Waals surface area contributed by atoms with Crippen LogP contribution in [0.15, 0.2) is 12.4 Å². The van der Waals surface area contributed by atoms with Crippen LogP contribution in [0, 0.1) is 0 Å². The number of nitrogens with zero attached hydrogens (tertiary/aromatic N) is 2. The van der Waals surface area contributed by atoms with Gasteiger partial charge in [-0.3, -0.25) is 4.68 Å². The normalized spacial score (nSPS) is 16.1. The van der Waals surface area contributed by atoms with Crippen molar-refractivity contribution in [3.05, 3.63) is 12.4 Å². The predicted octanol–water partition coefficient (Wildman–Crippen LogP) is 0.584. The molecular weight excluding hydrogens is 164 g/mol. The quantitative estimate of drug-likeness (QED) is 0.651. The number of hydrogen-bond acceptors (Lipinski definition) is 3. The molecule has 1 heterocycles. The molecule has 0 bridgehead atoms. The Morgan fingerprint density at radius 2 is 2.38 bits per heavy atom. The Hall–Kier alpha value is -1.03. The summed E-state index contributed by atoms with van der Waals surface area (Å²) in [7, 11) is 1.92. The van der Waals surface area contributed by atoms with Crippen LogP contribution in [-0.2, 0) is 7.05 Å². The SMILES string of the molecule is Cn1cc(NCCNC2CC2)cn1. The summed E-state index contributed by atoms with van der Waals surface area (Å²) in [6, 6.07) is 0.802. The van der Waals surface area contributed by atoms with Gasteiger partial charge < -0.3 is 10.6 Å². The van der Waals surface area contributed by atoms with E-state index in [9.17, 15) is 0 Å². The van der Waals surface area contributed by atoms with E-state index in [1.165, 1.54) is 12.8 Å². The molecule has 0 radical (unpaired) electrons. The fraction of sp³-hybridized carbons (Fsp3) is 0.667. The molecule has 0 atom stereocenters. The predicted molar refractivity (Wildman–Crippen MR) is 52.7 cm³/mol. The van der Waals surface area contributed by atoms with E-state index in [0.717, 1.165) is 24.8 Å². The maximum Gasteiger partial charge on any atom is 0.0726 e. The monoisotopic (exact) mass is 180 g/mol. The molecule has 72 valence electrons. The third-order valence-corrected chi connectivity index (χ3v) is 2.17. The van der Waals surface area contributed by atoms with Gasteiger partial charge in [0.25, 0.3) is 0 Å². The van der Waals surface area contributed by atoms with E-state index in [1.54, 1.807) is 4.68 Å². The van der Waals surface area contributed by atoms with Gasteiger partial charge in [0, 0.05) is 32.4 Å². The highest BCUT2D eigenvalue weighted by Gasteiger charge is 2.19. The van der Waals surface area contributed by atoms with E-state index in [4.69, 9.17) is 0 Å². The van der Waals surface area contributed by atoms with Crippen LogP contribution in [0.25, 0.3) is 0 Å². The summed E-state index contributed by atoms with van der Waals surface area (Å²) >= 11 is 0. The first-order valence-corrected chi connectivity index (χ1v) is 4.80. The second kappa shape index (κ2) is 3.79. The lowest BCUT2D eigenvalue weighted by Gasteiger charge is -2.03. The van der Waals surface area contributed by atoms with Crippen LogP contribution in [0.3, 0.4) is 0 Å². The number of aryl methyl sites for hydroxylation is 1. The summed E-state index contributed by atoms with van der Waals surface area (Å²) in [5, 5.41) is 10.8. The van der Waals surface area contributed by atoms with Crippen LogP contribution in [0.2, 0.25) is 0 Å². The Balaban J connectivity index is 1.61. The van der Waals surface area contributed by atoms with Crippen LogP contribution in [-0.4, -0.2) is 28.9 Å². The third kappa shape index (κ3) is 2.73. The molecule has 1 aliphatic carbocycles. The van der Waals surface area contributed by atoms with E-state index < -0.39 is 0 Å². The minimum Gasteiger partial charge on any atom is -0.381 e. The van der Waals surface area contributed by atoms with Crippen LogP contribution >= 0.6 is 0 Å². The second-order valence-electron chi connectivity index (χ2n) is 3.56. The molecule has 0 spiro atoms. The molecule has 1 fully saturated rings. The molecule has 0 aliphatic heterocycles. The topological polar surface area (TPSA) is 41.9 Å². The summed E-state index contributed by atoms with van der Waals surface area (Å²) < 4.78 is 1.80. The van der Waals surface area contributed by atoms with Crippen LogP contribution in [0.5, 0.6) is 0 Å². The summed E-state index contributed by atoms with van der Waals surface area (Å²) in [4.78, 5) is 0. The van der Waals surface area contributed by atoms with Gasteiger partial charge in [-0.05, 0) is 12.8 Å². The minimum atomic E-state index is 0.802. The molecule has 1 aromatic rings. The zero-order valence-electron chi connectivity index (χ0n) is 7.95. The Morgan fingerprint density at radius 3 is 3.00 bits per heavy atom. The molecule has 2 N–H and O–H groups in total. The van der Waals surface area contributed by atoms with Crippen molar-refractivity contribution in [2.75, 3.05) is 18.4 Å². The molecule has 0 saturated heterocycles. The maximum absolute atomic E-state index is 4.08. The molecule has 4 nitrogen and oxygen atoms in total. The minimum absolute atomic E-state index is 0.802. The van der Waals surface area contributed by atoms with E-state index in [2.05, 4.69) is 15.7 Å². The molecule has 2 rings (SSSR count). The number of anilines is 1. The average Bonchev–Trinajstić information content (AvgIpc) is 2.84. The van der Waals surface area contributed by atoms with Crippen molar-refractivity contribution in [1.29, 1.82) is 0 Å². The molecule has 4 heteroatoms. The fourth-order valence-electron chi connectivity index (χ4n) is 1.28. The van der Waals surface area contributed by atoms with Gasteiger partial charge in [0.05, 0.1) is 11.9 Å². The maximum atomic E-state index is 4.08. The first-order valence-electron chi connectivity index (χ1n) is 4.80. The number of hydrogen-bond donors (Lipinski definition) is 2. The highest BCUT2D eigenvalue weighted by molar-refractivity contribution is 5.37. The molecule has 1 aromatic heterocycles. The molecular formula is C9H16N4. The van der Waals surface area contributed by atoms with E-state index in [1.807, 2.05) is 19.4 Å². The summed E-state index contributed by atoms with van der Waals surface area (Å²) in [6.45, 7) is 2.02. The van der Waals surface area contributed by atoms with Crippen LogP contribution in [0.1, 0.15) is 12.8 Å². The Bertz CT molecular complexity index is 264. The lowest BCUT2D eigenvalue weighted by atomic mass is 10.5. The van der Waals surface area contributed by atoms with Gasteiger partial charge in [0.1, 0.15) is 0 Å². The Kier molecular flexibility index (Phi) is 2.49. The highest BCUT2D eigenvalue weighted by atomic mass is 15.3. The van der Waals surface area contributed by atoms with Crippen molar-refractivity contribution in [1.82, 2.24) is 15.1 Å². The van der Waals surface area contributed by atoms with Gasteiger partial charge in [-0.1, -0.05) is 0 Å². The van der Waals surface area contributed by atoms with Gasteiger partial charge in [-0.2, -0.15) is 5.10 Å². The number of aromatic nitrogens is 2. The standard InChI is InChI=1S/C9H16N4/c1-13-7-9(6-12-13)11-5-4-10-8-2-3-8/h6-8,10-11H,2-5H2,1H3. The zero-order chi connectivity index (χ0) is 9.10. The van der Waals surface area contributed by atoms with Crippen molar-refractivity contribution in [2.45, 2.75) is 18.9 Å². The van der Waals surface area contributed by atoms with E-state index in [-0.39, 0.29) is 0 Å². The van der Waals surface area contributed by atoms with E-state index in [0.29, 0.717) is 0 Å². The summed E-state index contributed by atoms with van der Waals surface area (Å²) in [6.07, 6.45) is 6.54. The first-order chi connectivity index (χ1) is 6.34. The van der Waals surface area contributed by atoms with Crippen molar-refractivity contribution in [2.24, 2.45) is 7.05 Å².